The van der Waals surface area contributed by atoms with Gasteiger partial charge in [-0.1, -0.05) is 13.8 Å². The third kappa shape index (κ3) is 1.23. The lowest BCUT2D eigenvalue weighted by Gasteiger charge is -2.18. The first-order valence-electron chi connectivity index (χ1n) is 3.42. The van der Waals surface area contributed by atoms with Crippen molar-refractivity contribution >= 4 is 6.21 Å². The van der Waals surface area contributed by atoms with E-state index in [-0.39, 0.29) is 0 Å². The van der Waals surface area contributed by atoms with E-state index in [1.165, 1.54) is 6.42 Å². The Balaban J connectivity index is 2.57. The van der Waals surface area contributed by atoms with Crippen LogP contribution in [0.2, 0.25) is 0 Å². The fourth-order valence-electron chi connectivity index (χ4n) is 1.05. The van der Waals surface area contributed by atoms with Gasteiger partial charge in [-0.25, -0.2) is 0 Å². The molecule has 0 aromatic carbocycles. The number of hydrogen-bond donors (Lipinski definition) is 0. The summed E-state index contributed by atoms with van der Waals surface area (Å²) in [4.78, 5) is 0. The minimum Gasteiger partial charge on any atom is -0.299 e. The lowest BCUT2D eigenvalue weighted by Crippen LogP contribution is -2.23. The molecule has 52 valence electrons. The normalized spacial score (nSPS) is 33.9. The van der Waals surface area contributed by atoms with Crippen LogP contribution in [0.15, 0.2) is 5.10 Å². The van der Waals surface area contributed by atoms with Crippen LogP contribution in [0, 0.1) is 5.41 Å². The summed E-state index contributed by atoms with van der Waals surface area (Å²) in [6.07, 6.45) is 3.23. The number of nitrogens with zero attached hydrogens (tertiary/aromatic N) is 2. The van der Waals surface area contributed by atoms with Crippen LogP contribution in [0.25, 0.3) is 0 Å². The second-order valence-electron chi connectivity index (χ2n) is 3.07. The van der Waals surface area contributed by atoms with Crippen molar-refractivity contribution in [1.29, 1.82) is 0 Å². The van der Waals surface area contributed by atoms with Crippen molar-refractivity contribution in [2.45, 2.75) is 20.3 Å². The lowest BCUT2D eigenvalue weighted by molar-refractivity contribution is 0.299. The molecule has 0 radical (unpaired) electrons. The number of hydrazone groups is 1. The Morgan fingerprint density at radius 1 is 1.78 bits per heavy atom. The summed E-state index contributed by atoms with van der Waals surface area (Å²) in [5.74, 6) is 0. The largest absolute Gasteiger partial charge is 0.299 e. The lowest BCUT2D eigenvalue weighted by atomic mass is 9.90. The molecule has 0 bridgehead atoms. The maximum atomic E-state index is 4.17. The van der Waals surface area contributed by atoms with Gasteiger partial charge in [-0.3, -0.25) is 5.01 Å². The van der Waals surface area contributed by atoms with E-state index in [1.54, 1.807) is 0 Å². The first-order chi connectivity index (χ1) is 4.16. The molecule has 2 nitrogen and oxygen atoms in total. The Kier molecular flexibility index (Phi) is 1.47. The van der Waals surface area contributed by atoms with Crippen molar-refractivity contribution in [2.24, 2.45) is 10.5 Å². The van der Waals surface area contributed by atoms with Gasteiger partial charge in [-0.15, -0.1) is 0 Å². The smallest absolute Gasteiger partial charge is 0.0460 e. The quantitative estimate of drug-likeness (QED) is 0.517. The molecular weight excluding hydrogens is 112 g/mol. The topological polar surface area (TPSA) is 15.6 Å². The van der Waals surface area contributed by atoms with Crippen molar-refractivity contribution in [2.75, 3.05) is 13.6 Å². The Morgan fingerprint density at radius 3 is 2.67 bits per heavy atom. The third-order valence-corrected chi connectivity index (χ3v) is 1.96. The molecule has 0 amide bonds. The average molecular weight is 126 g/mol. The van der Waals surface area contributed by atoms with Crippen LogP contribution in [-0.2, 0) is 0 Å². The van der Waals surface area contributed by atoms with Gasteiger partial charge in [-0.2, -0.15) is 5.10 Å². The zero-order valence-electron chi connectivity index (χ0n) is 6.39. The standard InChI is InChI=1S/C7H14N2/c1-4-7(2)5-8-9(3)6-7/h5H,4,6H2,1-3H3. The van der Waals surface area contributed by atoms with Crippen molar-refractivity contribution in [1.82, 2.24) is 5.01 Å². The van der Waals surface area contributed by atoms with E-state index in [0.29, 0.717) is 5.41 Å². The molecule has 0 aromatic heterocycles. The Morgan fingerprint density at radius 2 is 2.44 bits per heavy atom. The van der Waals surface area contributed by atoms with Crippen LogP contribution in [0.1, 0.15) is 20.3 Å². The second kappa shape index (κ2) is 2.01. The Bertz CT molecular complexity index is 131. The zero-order chi connectivity index (χ0) is 6.91. The van der Waals surface area contributed by atoms with Crippen molar-refractivity contribution in [3.05, 3.63) is 0 Å². The first-order valence-corrected chi connectivity index (χ1v) is 3.42. The van der Waals surface area contributed by atoms with Crippen molar-refractivity contribution in [3.8, 4) is 0 Å². The fourth-order valence-corrected chi connectivity index (χ4v) is 1.05. The molecular formula is C7H14N2. The molecule has 1 aliphatic heterocycles. The van der Waals surface area contributed by atoms with Crippen LogP contribution in [0.3, 0.4) is 0 Å². The van der Waals surface area contributed by atoms with Gasteiger partial charge < -0.3 is 0 Å². The van der Waals surface area contributed by atoms with Gasteiger partial charge in [0.05, 0.1) is 0 Å². The van der Waals surface area contributed by atoms with Crippen molar-refractivity contribution in [3.63, 3.8) is 0 Å². The van der Waals surface area contributed by atoms with Crippen molar-refractivity contribution < 1.29 is 0 Å². The molecule has 9 heavy (non-hydrogen) atoms. The highest BCUT2D eigenvalue weighted by Crippen LogP contribution is 2.23. The van der Waals surface area contributed by atoms with E-state index in [4.69, 9.17) is 0 Å². The summed E-state index contributed by atoms with van der Waals surface area (Å²) in [5, 5.41) is 6.16. The van der Waals surface area contributed by atoms with Crippen LogP contribution in [0.4, 0.5) is 0 Å². The van der Waals surface area contributed by atoms with Gasteiger partial charge in [0, 0.05) is 25.2 Å². The van der Waals surface area contributed by atoms with Gasteiger partial charge in [0.15, 0.2) is 0 Å². The first kappa shape index (κ1) is 6.59. The summed E-state index contributed by atoms with van der Waals surface area (Å²) in [6.45, 7) is 5.51. The second-order valence-corrected chi connectivity index (χ2v) is 3.07. The number of rotatable bonds is 1. The Hall–Kier alpha value is -0.530. The van der Waals surface area contributed by atoms with E-state index in [1.807, 2.05) is 18.3 Å². The van der Waals surface area contributed by atoms with Crippen LogP contribution in [0.5, 0.6) is 0 Å². The molecule has 0 aliphatic carbocycles. The van der Waals surface area contributed by atoms with Gasteiger partial charge in [-0.05, 0) is 6.42 Å². The highest BCUT2D eigenvalue weighted by Gasteiger charge is 2.25. The summed E-state index contributed by atoms with van der Waals surface area (Å²) in [7, 11) is 2.01. The molecule has 1 heterocycles. The predicted molar refractivity (Wildman–Crippen MR) is 39.5 cm³/mol. The SMILES string of the molecule is CCC1(C)C=NN(C)C1. The molecule has 0 saturated heterocycles. The van der Waals surface area contributed by atoms with E-state index < -0.39 is 0 Å². The molecule has 0 saturated carbocycles. The molecule has 0 N–H and O–H groups in total. The van der Waals surface area contributed by atoms with Gasteiger partial charge in [0.2, 0.25) is 0 Å². The van der Waals surface area contributed by atoms with Crippen LogP contribution in [-0.4, -0.2) is 24.8 Å². The molecule has 1 rings (SSSR count). The van der Waals surface area contributed by atoms with Crippen LogP contribution >= 0.6 is 0 Å². The van der Waals surface area contributed by atoms with Crippen LogP contribution < -0.4 is 0 Å². The maximum absolute atomic E-state index is 4.17. The predicted octanol–water partition coefficient (Wildman–Crippen LogP) is 1.33. The van der Waals surface area contributed by atoms with E-state index in [9.17, 15) is 0 Å². The summed E-state index contributed by atoms with van der Waals surface area (Å²) in [5.41, 5.74) is 0.342. The maximum Gasteiger partial charge on any atom is 0.0460 e. The molecule has 1 unspecified atom stereocenters. The molecule has 0 spiro atoms. The summed E-state index contributed by atoms with van der Waals surface area (Å²) >= 11 is 0. The Labute approximate surface area is 56.5 Å². The summed E-state index contributed by atoms with van der Waals surface area (Å²) in [6, 6.07) is 0. The highest BCUT2D eigenvalue weighted by molar-refractivity contribution is 5.66. The molecule has 2 heteroatoms. The molecule has 0 fully saturated rings. The third-order valence-electron chi connectivity index (χ3n) is 1.96. The monoisotopic (exact) mass is 126 g/mol. The van der Waals surface area contributed by atoms with E-state index >= 15 is 0 Å². The van der Waals surface area contributed by atoms with Gasteiger partial charge in [0.25, 0.3) is 0 Å². The molecule has 1 aliphatic rings. The minimum absolute atomic E-state index is 0.342. The highest BCUT2D eigenvalue weighted by atomic mass is 15.5. The fraction of sp³-hybridized carbons (Fsp3) is 0.857. The molecule has 1 atom stereocenters. The molecule has 0 aromatic rings. The van der Waals surface area contributed by atoms with E-state index in [0.717, 1.165) is 6.54 Å². The minimum atomic E-state index is 0.342. The average Bonchev–Trinajstić information content (AvgIpc) is 2.13. The van der Waals surface area contributed by atoms with Gasteiger partial charge in [0.1, 0.15) is 0 Å². The zero-order valence-corrected chi connectivity index (χ0v) is 6.39. The van der Waals surface area contributed by atoms with Gasteiger partial charge >= 0.3 is 0 Å². The number of hydrogen-bond acceptors (Lipinski definition) is 2. The summed E-state index contributed by atoms with van der Waals surface area (Å²) < 4.78 is 0. The van der Waals surface area contributed by atoms with E-state index in [2.05, 4.69) is 18.9 Å².